The topological polar surface area (TPSA) is 83.5 Å². The number of rotatable bonds is 3. The summed E-state index contributed by atoms with van der Waals surface area (Å²) in [6.45, 7) is 6.64. The van der Waals surface area contributed by atoms with Crippen LogP contribution in [0.1, 0.15) is 30.8 Å². The van der Waals surface area contributed by atoms with Crippen molar-refractivity contribution in [2.24, 2.45) is 5.92 Å². The summed E-state index contributed by atoms with van der Waals surface area (Å²) in [5.41, 5.74) is 2.92. The number of nitriles is 1. The Bertz CT molecular complexity index is 818. The van der Waals surface area contributed by atoms with Gasteiger partial charge >= 0.3 is 5.97 Å². The van der Waals surface area contributed by atoms with Gasteiger partial charge in [0.15, 0.2) is 11.3 Å². The third-order valence-corrected chi connectivity index (χ3v) is 4.28. The SMILES string of the molecule is COC(=O)C(C(C)C)N1CCc2c(C)nc3cc(C#N)nn3c21. The molecular formula is C16H19N5O2. The van der Waals surface area contributed by atoms with E-state index in [-0.39, 0.29) is 17.9 Å². The zero-order chi connectivity index (χ0) is 16.7. The Morgan fingerprint density at radius 2 is 2.22 bits per heavy atom. The second-order valence-corrected chi connectivity index (χ2v) is 6.07. The van der Waals surface area contributed by atoms with Gasteiger partial charge in [0.25, 0.3) is 0 Å². The van der Waals surface area contributed by atoms with E-state index < -0.39 is 0 Å². The maximum absolute atomic E-state index is 12.3. The van der Waals surface area contributed by atoms with Crippen LogP contribution in [0.3, 0.4) is 0 Å². The summed E-state index contributed by atoms with van der Waals surface area (Å²) in [4.78, 5) is 18.8. The van der Waals surface area contributed by atoms with Gasteiger partial charge in [-0.05, 0) is 19.3 Å². The third kappa shape index (κ3) is 2.31. The highest BCUT2D eigenvalue weighted by Crippen LogP contribution is 2.34. The van der Waals surface area contributed by atoms with Crippen molar-refractivity contribution in [3.8, 4) is 6.07 Å². The molecule has 0 bridgehead atoms. The summed E-state index contributed by atoms with van der Waals surface area (Å²) in [5, 5.41) is 13.4. The van der Waals surface area contributed by atoms with Crippen LogP contribution in [0.15, 0.2) is 6.07 Å². The molecular weight excluding hydrogens is 294 g/mol. The molecule has 0 N–H and O–H groups in total. The lowest BCUT2D eigenvalue weighted by Crippen LogP contribution is -2.45. The number of carbonyl (C=O) groups is 1. The van der Waals surface area contributed by atoms with Crippen LogP contribution in [-0.2, 0) is 16.0 Å². The van der Waals surface area contributed by atoms with Gasteiger partial charge in [-0.1, -0.05) is 13.8 Å². The van der Waals surface area contributed by atoms with Gasteiger partial charge in [-0.15, -0.1) is 0 Å². The first-order valence-electron chi connectivity index (χ1n) is 7.61. The van der Waals surface area contributed by atoms with Crippen molar-refractivity contribution in [2.75, 3.05) is 18.6 Å². The molecule has 0 aliphatic carbocycles. The Morgan fingerprint density at radius 1 is 1.48 bits per heavy atom. The molecule has 120 valence electrons. The number of hydrogen-bond donors (Lipinski definition) is 0. The summed E-state index contributed by atoms with van der Waals surface area (Å²) in [5.74, 6) is 0.671. The molecule has 23 heavy (non-hydrogen) atoms. The molecule has 1 aliphatic rings. The largest absolute Gasteiger partial charge is 0.467 e. The van der Waals surface area contributed by atoms with Crippen LogP contribution in [0.2, 0.25) is 0 Å². The van der Waals surface area contributed by atoms with E-state index >= 15 is 0 Å². The van der Waals surface area contributed by atoms with E-state index in [0.29, 0.717) is 17.9 Å². The van der Waals surface area contributed by atoms with Crippen molar-refractivity contribution in [1.29, 1.82) is 5.26 Å². The van der Waals surface area contributed by atoms with E-state index in [2.05, 4.69) is 10.1 Å². The number of ether oxygens (including phenoxy) is 1. The molecule has 0 amide bonds. The second kappa shape index (κ2) is 5.54. The van der Waals surface area contributed by atoms with Crippen molar-refractivity contribution in [2.45, 2.75) is 33.2 Å². The fraction of sp³-hybridized carbons (Fsp3) is 0.500. The molecule has 3 rings (SSSR count). The van der Waals surface area contributed by atoms with Gasteiger partial charge in [-0.2, -0.15) is 14.9 Å². The molecule has 7 heteroatoms. The number of esters is 1. The van der Waals surface area contributed by atoms with E-state index in [1.165, 1.54) is 7.11 Å². The number of aromatic nitrogens is 3. The minimum Gasteiger partial charge on any atom is -0.467 e. The predicted molar refractivity (Wildman–Crippen MR) is 84.1 cm³/mol. The highest BCUT2D eigenvalue weighted by molar-refractivity contribution is 5.81. The minimum atomic E-state index is -0.388. The van der Waals surface area contributed by atoms with E-state index in [1.807, 2.05) is 31.7 Å². The Labute approximate surface area is 134 Å². The van der Waals surface area contributed by atoms with Gasteiger partial charge in [-0.25, -0.2) is 9.78 Å². The van der Waals surface area contributed by atoms with Crippen molar-refractivity contribution in [3.63, 3.8) is 0 Å². The molecule has 0 aromatic carbocycles. The molecule has 1 atom stereocenters. The molecule has 0 spiro atoms. The Hall–Kier alpha value is -2.62. The summed E-state index contributed by atoms with van der Waals surface area (Å²) >= 11 is 0. The normalized spacial score (nSPS) is 14.9. The van der Waals surface area contributed by atoms with Gasteiger partial charge in [-0.3, -0.25) is 0 Å². The molecule has 2 aromatic rings. The fourth-order valence-electron chi connectivity index (χ4n) is 3.27. The summed E-state index contributed by atoms with van der Waals surface area (Å²) in [6, 6.07) is 3.32. The zero-order valence-corrected chi connectivity index (χ0v) is 13.7. The fourth-order valence-corrected chi connectivity index (χ4v) is 3.27. The lowest BCUT2D eigenvalue weighted by Gasteiger charge is -2.30. The molecule has 7 nitrogen and oxygen atoms in total. The molecule has 2 aromatic heterocycles. The lowest BCUT2D eigenvalue weighted by molar-refractivity contribution is -0.143. The van der Waals surface area contributed by atoms with Gasteiger partial charge in [0.05, 0.1) is 7.11 Å². The first-order valence-corrected chi connectivity index (χ1v) is 7.61. The van der Waals surface area contributed by atoms with Crippen molar-refractivity contribution in [1.82, 2.24) is 14.6 Å². The first-order chi connectivity index (χ1) is 11.0. The number of fused-ring (bicyclic) bond motifs is 3. The Kier molecular flexibility index (Phi) is 3.68. The van der Waals surface area contributed by atoms with Gasteiger partial charge in [0.2, 0.25) is 0 Å². The molecule has 0 saturated heterocycles. The monoisotopic (exact) mass is 313 g/mol. The van der Waals surface area contributed by atoms with Crippen molar-refractivity contribution >= 4 is 17.4 Å². The molecule has 1 aliphatic heterocycles. The number of anilines is 1. The highest BCUT2D eigenvalue weighted by atomic mass is 16.5. The molecule has 0 fully saturated rings. The van der Waals surface area contributed by atoms with Gasteiger partial charge in [0, 0.05) is 23.9 Å². The third-order valence-electron chi connectivity index (χ3n) is 4.28. The Balaban J connectivity index is 2.21. The average Bonchev–Trinajstić information content (AvgIpc) is 3.11. The maximum Gasteiger partial charge on any atom is 0.328 e. The van der Waals surface area contributed by atoms with E-state index in [4.69, 9.17) is 10.00 Å². The quantitative estimate of drug-likeness (QED) is 0.798. The van der Waals surface area contributed by atoms with Crippen molar-refractivity contribution < 1.29 is 9.53 Å². The van der Waals surface area contributed by atoms with Crippen LogP contribution in [0, 0.1) is 24.2 Å². The standard InChI is InChI=1S/C16H19N5O2/c1-9(2)14(16(22)23-4)20-6-5-12-10(3)18-13-7-11(8-17)19-21(13)15(12)20/h7,9,14H,5-6H2,1-4H3. The number of nitrogens with zero attached hydrogens (tertiary/aromatic N) is 5. The predicted octanol–water partition coefficient (Wildman–Crippen LogP) is 1.47. The first kappa shape index (κ1) is 15.3. The summed E-state index contributed by atoms with van der Waals surface area (Å²) in [6.07, 6.45) is 0.798. The molecule has 1 unspecified atom stereocenters. The van der Waals surface area contributed by atoms with E-state index in [0.717, 1.165) is 23.5 Å². The number of carbonyl (C=O) groups excluding carboxylic acids is 1. The van der Waals surface area contributed by atoms with E-state index in [9.17, 15) is 4.79 Å². The number of hydrogen-bond acceptors (Lipinski definition) is 6. The zero-order valence-electron chi connectivity index (χ0n) is 13.7. The van der Waals surface area contributed by atoms with Gasteiger partial charge < -0.3 is 9.64 Å². The summed E-state index contributed by atoms with van der Waals surface area (Å²) < 4.78 is 6.66. The van der Waals surface area contributed by atoms with Crippen LogP contribution >= 0.6 is 0 Å². The smallest absolute Gasteiger partial charge is 0.328 e. The number of methoxy groups -OCH3 is 1. The lowest BCUT2D eigenvalue weighted by atomic mass is 10.0. The maximum atomic E-state index is 12.3. The molecule has 3 heterocycles. The second-order valence-electron chi connectivity index (χ2n) is 6.07. The highest BCUT2D eigenvalue weighted by Gasteiger charge is 2.37. The van der Waals surface area contributed by atoms with E-state index in [1.54, 1.807) is 10.6 Å². The van der Waals surface area contributed by atoms with Crippen LogP contribution < -0.4 is 4.90 Å². The van der Waals surface area contributed by atoms with Crippen LogP contribution in [0.25, 0.3) is 5.65 Å². The summed E-state index contributed by atoms with van der Waals surface area (Å²) in [7, 11) is 1.41. The van der Waals surface area contributed by atoms with Gasteiger partial charge in [0.1, 0.15) is 17.9 Å². The average molecular weight is 313 g/mol. The van der Waals surface area contributed by atoms with Crippen LogP contribution in [-0.4, -0.2) is 40.3 Å². The molecule has 0 saturated carbocycles. The van der Waals surface area contributed by atoms with Crippen LogP contribution in [0.5, 0.6) is 0 Å². The molecule has 0 radical (unpaired) electrons. The van der Waals surface area contributed by atoms with Crippen LogP contribution in [0.4, 0.5) is 5.82 Å². The minimum absolute atomic E-state index is 0.0860. The van der Waals surface area contributed by atoms with Crippen molar-refractivity contribution in [3.05, 3.63) is 23.0 Å². The Morgan fingerprint density at radius 3 is 2.83 bits per heavy atom. The number of aryl methyl sites for hydroxylation is 1.